The lowest BCUT2D eigenvalue weighted by molar-refractivity contribution is -0.137. The first kappa shape index (κ1) is 17.3. The van der Waals surface area contributed by atoms with E-state index in [2.05, 4.69) is 10.2 Å². The number of aromatic nitrogens is 3. The van der Waals surface area contributed by atoms with E-state index >= 15 is 0 Å². The Hall–Kier alpha value is -2.48. The Kier molecular flexibility index (Phi) is 4.98. The molecule has 1 heterocycles. The summed E-state index contributed by atoms with van der Waals surface area (Å²) in [7, 11) is 0. The van der Waals surface area contributed by atoms with Gasteiger partial charge in [0.25, 0.3) is 0 Å². The molecule has 0 radical (unpaired) electrons. The SMILES string of the molecule is CSc1nnc(COc2cccc(C(F)(F)F)c2)n1-c1ccccc1. The van der Waals surface area contributed by atoms with Crippen molar-refractivity contribution in [2.24, 2.45) is 0 Å². The van der Waals surface area contributed by atoms with E-state index in [1.54, 1.807) is 0 Å². The third-order valence-corrected chi connectivity index (χ3v) is 4.06. The highest BCUT2D eigenvalue weighted by Crippen LogP contribution is 2.31. The summed E-state index contributed by atoms with van der Waals surface area (Å²) < 4.78 is 45.7. The number of ether oxygens (including phenoxy) is 1. The number of hydrogen-bond donors (Lipinski definition) is 0. The first-order valence-corrected chi connectivity index (χ1v) is 8.55. The lowest BCUT2D eigenvalue weighted by Gasteiger charge is -2.12. The van der Waals surface area contributed by atoms with Crippen LogP contribution in [0.3, 0.4) is 0 Å². The summed E-state index contributed by atoms with van der Waals surface area (Å²) in [5.41, 5.74) is 0.110. The molecule has 3 aromatic rings. The number of halogens is 3. The lowest BCUT2D eigenvalue weighted by Crippen LogP contribution is -2.08. The van der Waals surface area contributed by atoms with Gasteiger partial charge in [-0.3, -0.25) is 4.57 Å². The summed E-state index contributed by atoms with van der Waals surface area (Å²) >= 11 is 1.42. The van der Waals surface area contributed by atoms with Crippen molar-refractivity contribution in [1.29, 1.82) is 0 Å². The van der Waals surface area contributed by atoms with Crippen molar-refractivity contribution in [2.75, 3.05) is 6.26 Å². The molecule has 0 atom stereocenters. The highest BCUT2D eigenvalue weighted by molar-refractivity contribution is 7.98. The standard InChI is InChI=1S/C17H14F3N3OS/c1-25-16-22-21-15(23(16)13-7-3-2-4-8-13)11-24-14-9-5-6-12(10-14)17(18,19)20/h2-10H,11H2,1H3. The summed E-state index contributed by atoms with van der Waals surface area (Å²) in [6, 6.07) is 14.2. The number of thioether (sulfide) groups is 1. The number of para-hydroxylation sites is 1. The Morgan fingerprint density at radius 1 is 1.04 bits per heavy atom. The van der Waals surface area contributed by atoms with Crippen molar-refractivity contribution in [3.8, 4) is 11.4 Å². The van der Waals surface area contributed by atoms with E-state index in [1.807, 2.05) is 41.2 Å². The Bertz CT molecular complexity index is 850. The fourth-order valence-corrected chi connectivity index (χ4v) is 2.79. The fraction of sp³-hybridized carbons (Fsp3) is 0.176. The second kappa shape index (κ2) is 7.18. The molecular formula is C17H14F3N3OS. The van der Waals surface area contributed by atoms with E-state index in [0.717, 1.165) is 17.8 Å². The highest BCUT2D eigenvalue weighted by Gasteiger charge is 2.30. The number of benzene rings is 2. The van der Waals surface area contributed by atoms with Crippen molar-refractivity contribution in [3.63, 3.8) is 0 Å². The lowest BCUT2D eigenvalue weighted by atomic mass is 10.2. The minimum Gasteiger partial charge on any atom is -0.486 e. The summed E-state index contributed by atoms with van der Waals surface area (Å²) in [4.78, 5) is 0. The van der Waals surface area contributed by atoms with Gasteiger partial charge in [-0.2, -0.15) is 13.2 Å². The molecule has 0 saturated carbocycles. The molecule has 0 saturated heterocycles. The van der Waals surface area contributed by atoms with Gasteiger partial charge in [0, 0.05) is 5.69 Å². The third-order valence-electron chi connectivity index (χ3n) is 3.43. The van der Waals surface area contributed by atoms with Crippen molar-refractivity contribution >= 4 is 11.8 Å². The maximum atomic E-state index is 12.8. The quantitative estimate of drug-likeness (QED) is 0.620. The second-order valence-electron chi connectivity index (χ2n) is 5.09. The Morgan fingerprint density at radius 2 is 1.80 bits per heavy atom. The van der Waals surface area contributed by atoms with E-state index in [0.29, 0.717) is 11.0 Å². The van der Waals surface area contributed by atoms with Crippen LogP contribution in [0.4, 0.5) is 13.2 Å². The van der Waals surface area contributed by atoms with Gasteiger partial charge in [-0.1, -0.05) is 36.0 Å². The Labute approximate surface area is 146 Å². The van der Waals surface area contributed by atoms with Crippen LogP contribution in [0.5, 0.6) is 5.75 Å². The molecule has 25 heavy (non-hydrogen) atoms. The minimum absolute atomic E-state index is 0.00373. The summed E-state index contributed by atoms with van der Waals surface area (Å²) in [6.07, 6.45) is -2.53. The first-order valence-electron chi connectivity index (χ1n) is 7.33. The van der Waals surface area contributed by atoms with Crippen molar-refractivity contribution in [3.05, 3.63) is 66.0 Å². The van der Waals surface area contributed by atoms with E-state index in [9.17, 15) is 13.2 Å². The smallest absolute Gasteiger partial charge is 0.416 e. The van der Waals surface area contributed by atoms with Crippen LogP contribution in [-0.4, -0.2) is 21.0 Å². The van der Waals surface area contributed by atoms with Gasteiger partial charge in [-0.25, -0.2) is 0 Å². The number of hydrogen-bond acceptors (Lipinski definition) is 4. The van der Waals surface area contributed by atoms with E-state index in [-0.39, 0.29) is 12.4 Å². The molecule has 1 aromatic heterocycles. The zero-order chi connectivity index (χ0) is 17.9. The summed E-state index contributed by atoms with van der Waals surface area (Å²) in [5.74, 6) is 0.635. The maximum absolute atomic E-state index is 12.8. The Morgan fingerprint density at radius 3 is 2.48 bits per heavy atom. The molecule has 0 fully saturated rings. The molecule has 0 aliphatic rings. The highest BCUT2D eigenvalue weighted by atomic mass is 32.2. The van der Waals surface area contributed by atoms with Crippen LogP contribution in [0.1, 0.15) is 11.4 Å². The van der Waals surface area contributed by atoms with E-state index < -0.39 is 11.7 Å². The number of nitrogens with zero attached hydrogens (tertiary/aromatic N) is 3. The van der Waals surface area contributed by atoms with Gasteiger partial charge in [0.1, 0.15) is 12.4 Å². The van der Waals surface area contributed by atoms with Gasteiger partial charge in [-0.05, 0) is 36.6 Å². The molecule has 2 aromatic carbocycles. The predicted octanol–water partition coefficient (Wildman–Crippen LogP) is 4.59. The zero-order valence-electron chi connectivity index (χ0n) is 13.2. The number of alkyl halides is 3. The molecular weight excluding hydrogens is 351 g/mol. The molecule has 0 aliphatic carbocycles. The monoisotopic (exact) mass is 365 g/mol. The second-order valence-corrected chi connectivity index (χ2v) is 5.86. The van der Waals surface area contributed by atoms with Crippen molar-refractivity contribution < 1.29 is 17.9 Å². The third kappa shape index (κ3) is 3.96. The average molecular weight is 365 g/mol. The normalized spacial score (nSPS) is 11.5. The van der Waals surface area contributed by atoms with Gasteiger partial charge in [0.05, 0.1) is 5.56 Å². The van der Waals surface area contributed by atoms with Crippen LogP contribution in [0.15, 0.2) is 59.8 Å². The maximum Gasteiger partial charge on any atom is 0.416 e. The van der Waals surface area contributed by atoms with E-state index in [4.69, 9.17) is 4.74 Å². The average Bonchev–Trinajstić information content (AvgIpc) is 3.03. The molecule has 130 valence electrons. The van der Waals surface area contributed by atoms with Gasteiger partial charge < -0.3 is 4.74 Å². The number of rotatable bonds is 5. The predicted molar refractivity (Wildman–Crippen MR) is 88.9 cm³/mol. The molecule has 3 rings (SSSR count). The van der Waals surface area contributed by atoms with Crippen LogP contribution >= 0.6 is 11.8 Å². The van der Waals surface area contributed by atoms with Crippen molar-refractivity contribution in [2.45, 2.75) is 17.9 Å². The summed E-state index contributed by atoms with van der Waals surface area (Å²) in [6.45, 7) is 0.00373. The topological polar surface area (TPSA) is 39.9 Å². The van der Waals surface area contributed by atoms with Gasteiger partial charge >= 0.3 is 6.18 Å². The summed E-state index contributed by atoms with van der Waals surface area (Å²) in [5, 5.41) is 8.87. The van der Waals surface area contributed by atoms with Crippen LogP contribution in [0, 0.1) is 0 Å². The molecule has 0 aliphatic heterocycles. The van der Waals surface area contributed by atoms with Gasteiger partial charge in [0.2, 0.25) is 0 Å². The molecule has 4 nitrogen and oxygen atoms in total. The van der Waals surface area contributed by atoms with E-state index in [1.165, 1.54) is 23.9 Å². The minimum atomic E-state index is -4.41. The molecule has 0 spiro atoms. The molecule has 0 N–H and O–H groups in total. The zero-order valence-corrected chi connectivity index (χ0v) is 14.0. The van der Waals surface area contributed by atoms with Crippen molar-refractivity contribution in [1.82, 2.24) is 14.8 Å². The molecule has 0 unspecified atom stereocenters. The molecule has 0 amide bonds. The van der Waals surface area contributed by atoms with Gasteiger partial charge in [0.15, 0.2) is 11.0 Å². The molecule has 8 heteroatoms. The van der Waals surface area contributed by atoms with Crippen LogP contribution in [0.2, 0.25) is 0 Å². The Balaban J connectivity index is 1.84. The fourth-order valence-electron chi connectivity index (χ4n) is 2.27. The first-order chi connectivity index (χ1) is 12.0. The largest absolute Gasteiger partial charge is 0.486 e. The van der Waals surface area contributed by atoms with Gasteiger partial charge in [-0.15, -0.1) is 10.2 Å². The van der Waals surface area contributed by atoms with Crippen LogP contribution < -0.4 is 4.74 Å². The van der Waals surface area contributed by atoms with Crippen LogP contribution in [-0.2, 0) is 12.8 Å². The van der Waals surface area contributed by atoms with Crippen LogP contribution in [0.25, 0.3) is 5.69 Å². The molecule has 0 bridgehead atoms.